The molecule has 2 N–H and O–H groups in total. The fraction of sp³-hybridized carbons (Fsp3) is 0.417. The molecule has 0 radical (unpaired) electrons. The minimum atomic E-state index is -3.79. The summed E-state index contributed by atoms with van der Waals surface area (Å²) >= 11 is 0. The first-order chi connectivity index (χ1) is 16.7. The molecule has 3 aromatic rings. The van der Waals surface area contributed by atoms with Gasteiger partial charge in [-0.25, -0.2) is 22.5 Å². The number of halogens is 1. The number of nitrogens with zero attached hydrogens (tertiary/aromatic N) is 5. The number of anilines is 2. The Balaban J connectivity index is 1.33. The SMILES string of the molecule is CCN1CCN(c2ccc(CNS(=O)(=O)c3ccc(NCc4cn(C)nc4C)nc3)cc2F)CC1. The average molecular weight is 502 g/mol. The van der Waals surface area contributed by atoms with Crippen LogP contribution in [0.1, 0.15) is 23.7 Å². The van der Waals surface area contributed by atoms with Crippen molar-refractivity contribution in [3.05, 3.63) is 65.4 Å². The highest BCUT2D eigenvalue weighted by Crippen LogP contribution is 2.22. The van der Waals surface area contributed by atoms with Gasteiger partial charge in [0.05, 0.1) is 11.4 Å². The van der Waals surface area contributed by atoms with E-state index in [-0.39, 0.29) is 17.3 Å². The van der Waals surface area contributed by atoms with Crippen LogP contribution in [-0.2, 0) is 30.2 Å². The lowest BCUT2D eigenvalue weighted by molar-refractivity contribution is 0.270. The van der Waals surface area contributed by atoms with E-state index < -0.39 is 10.0 Å². The maximum Gasteiger partial charge on any atom is 0.242 e. The molecule has 188 valence electrons. The number of piperazine rings is 1. The van der Waals surface area contributed by atoms with Crippen LogP contribution in [0.3, 0.4) is 0 Å². The van der Waals surface area contributed by atoms with Crippen molar-refractivity contribution >= 4 is 21.5 Å². The fourth-order valence-electron chi connectivity index (χ4n) is 4.14. The zero-order valence-corrected chi connectivity index (χ0v) is 21.1. The Morgan fingerprint density at radius 3 is 2.46 bits per heavy atom. The molecule has 0 saturated carbocycles. The molecule has 0 aliphatic carbocycles. The van der Waals surface area contributed by atoms with Crippen LogP contribution in [-0.4, -0.2) is 60.8 Å². The second kappa shape index (κ2) is 10.7. The van der Waals surface area contributed by atoms with Crippen molar-refractivity contribution in [1.29, 1.82) is 0 Å². The van der Waals surface area contributed by atoms with Crippen molar-refractivity contribution in [1.82, 2.24) is 24.4 Å². The van der Waals surface area contributed by atoms with Gasteiger partial charge >= 0.3 is 0 Å². The molecule has 0 bridgehead atoms. The predicted octanol–water partition coefficient (Wildman–Crippen LogP) is 2.50. The van der Waals surface area contributed by atoms with Crippen LogP contribution < -0.4 is 14.9 Å². The summed E-state index contributed by atoms with van der Waals surface area (Å²) in [4.78, 5) is 8.63. The number of nitrogens with one attached hydrogen (secondary N) is 2. The Bertz CT molecular complexity index is 1250. The monoisotopic (exact) mass is 501 g/mol. The highest BCUT2D eigenvalue weighted by molar-refractivity contribution is 7.89. The van der Waals surface area contributed by atoms with Crippen LogP contribution >= 0.6 is 0 Å². The number of aromatic nitrogens is 3. The van der Waals surface area contributed by atoms with Gasteiger partial charge in [0, 0.05) is 64.3 Å². The first kappa shape index (κ1) is 25.1. The molecule has 3 heterocycles. The Kier molecular flexibility index (Phi) is 7.68. The van der Waals surface area contributed by atoms with Gasteiger partial charge in [-0.1, -0.05) is 13.0 Å². The topological polar surface area (TPSA) is 95.4 Å². The van der Waals surface area contributed by atoms with E-state index in [0.717, 1.165) is 44.0 Å². The summed E-state index contributed by atoms with van der Waals surface area (Å²) in [6, 6.07) is 8.00. The van der Waals surface area contributed by atoms with E-state index >= 15 is 0 Å². The lowest BCUT2D eigenvalue weighted by Crippen LogP contribution is -2.46. The second-order valence-corrected chi connectivity index (χ2v) is 10.4. The molecule has 2 aromatic heterocycles. The number of likely N-dealkylation sites (N-methyl/N-ethyl adjacent to an activating group) is 1. The molecule has 4 rings (SSSR count). The van der Waals surface area contributed by atoms with Crippen molar-refractivity contribution < 1.29 is 12.8 Å². The fourth-order valence-corrected chi connectivity index (χ4v) is 5.10. The minimum absolute atomic E-state index is 0.0105. The molecule has 35 heavy (non-hydrogen) atoms. The Morgan fingerprint density at radius 1 is 1.09 bits per heavy atom. The summed E-state index contributed by atoms with van der Waals surface area (Å²) in [7, 11) is -1.93. The zero-order valence-electron chi connectivity index (χ0n) is 20.3. The zero-order chi connectivity index (χ0) is 25.0. The van der Waals surface area contributed by atoms with Gasteiger partial charge in [0.1, 0.15) is 16.5 Å². The van der Waals surface area contributed by atoms with Gasteiger partial charge in [-0.15, -0.1) is 0 Å². The molecule has 11 heteroatoms. The van der Waals surface area contributed by atoms with E-state index in [2.05, 4.69) is 31.9 Å². The third-order valence-electron chi connectivity index (χ3n) is 6.26. The van der Waals surface area contributed by atoms with Gasteiger partial charge in [0.25, 0.3) is 0 Å². The molecule has 1 aliphatic rings. The predicted molar refractivity (Wildman–Crippen MR) is 134 cm³/mol. The minimum Gasteiger partial charge on any atom is -0.367 e. The van der Waals surface area contributed by atoms with Crippen LogP contribution in [0.5, 0.6) is 0 Å². The van der Waals surface area contributed by atoms with Crippen molar-refractivity contribution in [2.24, 2.45) is 7.05 Å². The van der Waals surface area contributed by atoms with Gasteiger partial charge in [-0.3, -0.25) is 4.68 Å². The van der Waals surface area contributed by atoms with E-state index in [0.29, 0.717) is 23.6 Å². The molecular formula is C24H32FN7O2S. The molecule has 1 fully saturated rings. The van der Waals surface area contributed by atoms with Crippen molar-refractivity contribution in [3.63, 3.8) is 0 Å². The van der Waals surface area contributed by atoms with Gasteiger partial charge in [-0.2, -0.15) is 5.10 Å². The lowest BCUT2D eigenvalue weighted by atomic mass is 10.1. The molecule has 9 nitrogen and oxygen atoms in total. The van der Waals surface area contributed by atoms with Gasteiger partial charge in [0.15, 0.2) is 0 Å². The van der Waals surface area contributed by atoms with E-state index in [1.807, 2.05) is 25.1 Å². The van der Waals surface area contributed by atoms with Crippen LogP contribution in [0.15, 0.2) is 47.6 Å². The van der Waals surface area contributed by atoms with Gasteiger partial charge in [-0.05, 0) is 43.3 Å². The van der Waals surface area contributed by atoms with Crippen molar-refractivity contribution in [2.45, 2.75) is 31.8 Å². The quantitative estimate of drug-likeness (QED) is 0.465. The average Bonchev–Trinajstić information content (AvgIpc) is 3.18. The van der Waals surface area contributed by atoms with E-state index in [1.54, 1.807) is 22.9 Å². The van der Waals surface area contributed by atoms with Crippen LogP contribution in [0.4, 0.5) is 15.9 Å². The smallest absolute Gasteiger partial charge is 0.242 e. The molecule has 0 unspecified atom stereocenters. The Morgan fingerprint density at radius 2 is 1.86 bits per heavy atom. The summed E-state index contributed by atoms with van der Waals surface area (Å²) in [5, 5.41) is 7.46. The molecule has 0 amide bonds. The van der Waals surface area contributed by atoms with Crippen molar-refractivity contribution in [2.75, 3.05) is 42.9 Å². The Hall–Kier alpha value is -3.02. The van der Waals surface area contributed by atoms with Gasteiger partial charge < -0.3 is 15.1 Å². The number of hydrogen-bond acceptors (Lipinski definition) is 7. The van der Waals surface area contributed by atoms with Crippen LogP contribution in [0.25, 0.3) is 0 Å². The number of rotatable bonds is 9. The van der Waals surface area contributed by atoms with Crippen LogP contribution in [0.2, 0.25) is 0 Å². The molecule has 1 aromatic carbocycles. The molecule has 1 aliphatic heterocycles. The first-order valence-corrected chi connectivity index (χ1v) is 13.2. The summed E-state index contributed by atoms with van der Waals surface area (Å²) < 4.78 is 44.5. The summed E-state index contributed by atoms with van der Waals surface area (Å²) in [5.74, 6) is 0.220. The normalized spacial score (nSPS) is 14.9. The number of aryl methyl sites for hydroxylation is 2. The van der Waals surface area contributed by atoms with E-state index in [9.17, 15) is 12.8 Å². The molecule has 1 saturated heterocycles. The maximum atomic E-state index is 14.8. The summed E-state index contributed by atoms with van der Waals surface area (Å²) in [6.45, 7) is 8.93. The summed E-state index contributed by atoms with van der Waals surface area (Å²) in [5.41, 5.74) is 3.07. The van der Waals surface area contributed by atoms with E-state index in [4.69, 9.17) is 0 Å². The third kappa shape index (κ3) is 6.16. The Labute approximate surface area is 206 Å². The van der Waals surface area contributed by atoms with Gasteiger partial charge in [0.2, 0.25) is 10.0 Å². The first-order valence-electron chi connectivity index (χ1n) is 11.7. The number of hydrogen-bond donors (Lipinski definition) is 2. The third-order valence-corrected chi connectivity index (χ3v) is 7.65. The maximum absolute atomic E-state index is 14.8. The van der Waals surface area contributed by atoms with Crippen molar-refractivity contribution in [3.8, 4) is 0 Å². The lowest BCUT2D eigenvalue weighted by Gasteiger charge is -2.35. The standard InChI is InChI=1S/C24H32FN7O2S/c1-4-31-9-11-32(12-10-31)23-7-5-19(13-22(23)25)14-28-35(33,34)21-6-8-24(27-16-21)26-15-20-17-30(3)29-18(20)2/h5-8,13,16-17,28H,4,9-12,14-15H2,1-3H3,(H,26,27). The molecular weight excluding hydrogens is 469 g/mol. The highest BCUT2D eigenvalue weighted by Gasteiger charge is 2.19. The van der Waals surface area contributed by atoms with E-state index in [1.165, 1.54) is 18.3 Å². The highest BCUT2D eigenvalue weighted by atomic mass is 32.2. The summed E-state index contributed by atoms with van der Waals surface area (Å²) in [6.07, 6.45) is 3.23. The second-order valence-electron chi connectivity index (χ2n) is 8.68. The number of pyridine rings is 1. The largest absolute Gasteiger partial charge is 0.367 e. The number of sulfonamides is 1. The molecule has 0 atom stereocenters. The number of benzene rings is 1. The van der Waals surface area contributed by atoms with Crippen LogP contribution in [0, 0.1) is 12.7 Å². The molecule has 0 spiro atoms.